The summed E-state index contributed by atoms with van der Waals surface area (Å²) >= 11 is 0. The van der Waals surface area contributed by atoms with E-state index in [9.17, 15) is 4.39 Å². The van der Waals surface area contributed by atoms with Crippen LogP contribution in [0, 0.1) is 5.82 Å². The highest BCUT2D eigenvalue weighted by molar-refractivity contribution is 6.08. The van der Waals surface area contributed by atoms with Crippen molar-refractivity contribution in [1.29, 1.82) is 0 Å². The molecule has 1 rings (SSSR count). The highest BCUT2D eigenvalue weighted by atomic mass is 19.1. The summed E-state index contributed by atoms with van der Waals surface area (Å²) < 4.78 is 13.0. The van der Waals surface area contributed by atoms with Gasteiger partial charge in [-0.25, -0.2) is 4.39 Å². The minimum absolute atomic E-state index is 0.192. The molecule has 0 bridgehead atoms. The minimum atomic E-state index is -0.192. The van der Waals surface area contributed by atoms with Crippen molar-refractivity contribution in [3.05, 3.63) is 35.1 Å². The Morgan fingerprint density at radius 2 is 2.15 bits per heavy atom. The first-order valence-electron chi connectivity index (χ1n) is 4.75. The van der Waals surface area contributed by atoms with Crippen molar-refractivity contribution in [2.75, 3.05) is 0 Å². The van der Waals surface area contributed by atoms with E-state index in [-0.39, 0.29) is 12.1 Å². The summed E-state index contributed by atoms with van der Waals surface area (Å²) in [5, 5.41) is 0. The Hall–Kier alpha value is -0.785. The number of benzene rings is 1. The zero-order chi connectivity index (χ0) is 9.68. The maximum absolute atomic E-state index is 13.0. The second-order valence-electron chi connectivity index (χ2n) is 3.23. The van der Waals surface area contributed by atoms with E-state index in [4.69, 9.17) is 7.85 Å². The molecule has 68 valence electrons. The van der Waals surface area contributed by atoms with Crippen molar-refractivity contribution in [2.45, 2.75) is 32.5 Å². The molecular formula is C11H14BF. The molecule has 0 saturated carbocycles. The van der Waals surface area contributed by atoms with Crippen molar-refractivity contribution in [2.24, 2.45) is 0 Å². The van der Waals surface area contributed by atoms with Crippen LogP contribution in [0.25, 0.3) is 0 Å². The highest BCUT2D eigenvalue weighted by Crippen LogP contribution is 2.12. The quantitative estimate of drug-likeness (QED) is 0.618. The molecule has 1 aromatic carbocycles. The second-order valence-corrected chi connectivity index (χ2v) is 3.23. The van der Waals surface area contributed by atoms with E-state index in [1.165, 1.54) is 11.6 Å². The van der Waals surface area contributed by atoms with E-state index in [1.54, 1.807) is 0 Å². The van der Waals surface area contributed by atoms with Gasteiger partial charge in [-0.2, -0.15) is 0 Å². The van der Waals surface area contributed by atoms with Gasteiger partial charge >= 0.3 is 0 Å². The van der Waals surface area contributed by atoms with Crippen LogP contribution in [0.2, 0.25) is 0 Å². The Labute approximate surface area is 80.6 Å². The fourth-order valence-corrected chi connectivity index (χ4v) is 1.32. The maximum atomic E-state index is 13.0. The Morgan fingerprint density at radius 1 is 1.38 bits per heavy atom. The van der Waals surface area contributed by atoms with Crippen LogP contribution in [0.5, 0.6) is 0 Å². The molecule has 13 heavy (non-hydrogen) atoms. The van der Waals surface area contributed by atoms with Crippen LogP contribution in [-0.2, 0) is 12.7 Å². The molecule has 2 radical (unpaired) electrons. The summed E-state index contributed by atoms with van der Waals surface area (Å²) in [5.41, 5.74) is 1.80. The Bertz CT molecular complexity index is 271. The Morgan fingerprint density at radius 3 is 2.77 bits per heavy atom. The third-order valence-corrected chi connectivity index (χ3v) is 2.15. The number of halogens is 1. The average molecular weight is 176 g/mol. The molecule has 0 saturated heterocycles. The first kappa shape index (κ1) is 10.3. The smallest absolute Gasteiger partial charge is 0.125 e. The Kier molecular flexibility index (Phi) is 4.00. The van der Waals surface area contributed by atoms with Gasteiger partial charge in [0.2, 0.25) is 0 Å². The molecule has 0 fully saturated rings. The van der Waals surface area contributed by atoms with E-state index in [1.807, 2.05) is 12.1 Å². The van der Waals surface area contributed by atoms with Crippen LogP contribution in [0.15, 0.2) is 18.2 Å². The fraction of sp³-hybridized carbons (Fsp3) is 0.455. The van der Waals surface area contributed by atoms with Crippen LogP contribution in [-0.4, -0.2) is 7.85 Å². The topological polar surface area (TPSA) is 0 Å². The molecule has 0 aliphatic heterocycles. The standard InChI is InChI=1S/C11H14BF/c1-2-3-4-9-5-6-11(13)10(7-9)8-12/h5-7H,2-4,8H2,1H3. The molecule has 0 spiro atoms. The molecule has 1 aromatic rings. The van der Waals surface area contributed by atoms with Crippen molar-refractivity contribution in [1.82, 2.24) is 0 Å². The lowest BCUT2D eigenvalue weighted by molar-refractivity contribution is 0.615. The molecule has 0 heterocycles. The summed E-state index contributed by atoms with van der Waals surface area (Å²) in [6, 6.07) is 5.21. The SMILES string of the molecule is [B]Cc1cc(CCCC)ccc1F. The summed E-state index contributed by atoms with van der Waals surface area (Å²) in [7, 11) is 5.41. The molecule has 0 amide bonds. The van der Waals surface area contributed by atoms with Crippen LogP contribution in [0.4, 0.5) is 4.39 Å². The van der Waals surface area contributed by atoms with Gasteiger partial charge in [-0.3, -0.25) is 0 Å². The zero-order valence-corrected chi connectivity index (χ0v) is 8.02. The lowest BCUT2D eigenvalue weighted by Crippen LogP contribution is -1.93. The average Bonchev–Trinajstić information content (AvgIpc) is 2.16. The van der Waals surface area contributed by atoms with E-state index in [0.29, 0.717) is 5.56 Å². The normalized spacial score (nSPS) is 10.3. The molecule has 2 heteroatoms. The van der Waals surface area contributed by atoms with Crippen molar-refractivity contribution < 1.29 is 4.39 Å². The molecule has 0 unspecified atom stereocenters. The first-order valence-corrected chi connectivity index (χ1v) is 4.75. The lowest BCUT2D eigenvalue weighted by Gasteiger charge is -2.04. The number of aryl methyl sites for hydroxylation is 1. The number of unbranched alkanes of at least 4 members (excludes halogenated alkanes) is 1. The van der Waals surface area contributed by atoms with Crippen LogP contribution in [0.1, 0.15) is 30.9 Å². The first-order chi connectivity index (χ1) is 6.27. The van der Waals surface area contributed by atoms with E-state index >= 15 is 0 Å². The molecule has 0 aromatic heterocycles. The van der Waals surface area contributed by atoms with Crippen LogP contribution >= 0.6 is 0 Å². The predicted molar refractivity (Wildman–Crippen MR) is 54.5 cm³/mol. The van der Waals surface area contributed by atoms with Crippen molar-refractivity contribution >= 4 is 7.85 Å². The molecule has 0 atom stereocenters. The third-order valence-electron chi connectivity index (χ3n) is 2.15. The predicted octanol–water partition coefficient (Wildman–Crippen LogP) is 2.84. The molecular weight excluding hydrogens is 162 g/mol. The monoisotopic (exact) mass is 176 g/mol. The van der Waals surface area contributed by atoms with Gasteiger partial charge in [-0.05, 0) is 30.0 Å². The van der Waals surface area contributed by atoms with Gasteiger partial charge in [0.25, 0.3) is 0 Å². The number of hydrogen-bond acceptors (Lipinski definition) is 0. The van der Waals surface area contributed by atoms with Gasteiger partial charge < -0.3 is 0 Å². The summed E-state index contributed by atoms with van der Waals surface area (Å²) in [5.74, 6) is -0.192. The minimum Gasteiger partial charge on any atom is -0.207 e. The van der Waals surface area contributed by atoms with Gasteiger partial charge in [-0.15, -0.1) is 0 Å². The highest BCUT2D eigenvalue weighted by Gasteiger charge is 2.00. The van der Waals surface area contributed by atoms with Crippen LogP contribution in [0.3, 0.4) is 0 Å². The van der Waals surface area contributed by atoms with Crippen molar-refractivity contribution in [3.8, 4) is 0 Å². The summed E-state index contributed by atoms with van der Waals surface area (Å²) in [6.07, 6.45) is 3.61. The zero-order valence-electron chi connectivity index (χ0n) is 8.02. The van der Waals surface area contributed by atoms with E-state index in [2.05, 4.69) is 6.92 Å². The van der Waals surface area contributed by atoms with E-state index in [0.717, 1.165) is 19.3 Å². The summed E-state index contributed by atoms with van der Waals surface area (Å²) in [6.45, 7) is 2.15. The fourth-order valence-electron chi connectivity index (χ4n) is 1.32. The largest absolute Gasteiger partial charge is 0.207 e. The van der Waals surface area contributed by atoms with Crippen LogP contribution < -0.4 is 0 Å². The van der Waals surface area contributed by atoms with Crippen molar-refractivity contribution in [3.63, 3.8) is 0 Å². The van der Waals surface area contributed by atoms with Gasteiger partial charge in [0.1, 0.15) is 5.82 Å². The van der Waals surface area contributed by atoms with Gasteiger partial charge in [0.15, 0.2) is 0 Å². The van der Waals surface area contributed by atoms with Gasteiger partial charge in [0.05, 0.1) is 7.85 Å². The van der Waals surface area contributed by atoms with Gasteiger partial charge in [-0.1, -0.05) is 31.8 Å². The Balaban J connectivity index is 2.74. The third kappa shape index (κ3) is 2.87. The lowest BCUT2D eigenvalue weighted by atomic mass is 9.94. The maximum Gasteiger partial charge on any atom is 0.125 e. The molecule has 0 aliphatic carbocycles. The molecule has 0 nitrogen and oxygen atoms in total. The molecule has 0 N–H and O–H groups in total. The summed E-state index contributed by atoms with van der Waals surface area (Å²) in [4.78, 5) is 0. The number of hydrogen-bond donors (Lipinski definition) is 0. The molecule has 0 aliphatic rings. The van der Waals surface area contributed by atoms with E-state index < -0.39 is 0 Å². The second kappa shape index (κ2) is 5.06. The number of rotatable bonds is 4. The van der Waals surface area contributed by atoms with Gasteiger partial charge in [0, 0.05) is 0 Å².